The van der Waals surface area contributed by atoms with Crippen LogP contribution in [-0.4, -0.2) is 17.3 Å². The Morgan fingerprint density at radius 1 is 0.895 bits per heavy atom. The number of nitrogens with two attached hydrogens (primary N) is 2. The molecular formula is C14H18N2O3. The SMILES string of the molecule is COc1ccc(N)c(O)c1.Cc1ccc(O)c(N)c1. The quantitative estimate of drug-likeness (QED) is 0.466. The lowest BCUT2D eigenvalue weighted by Gasteiger charge is -2.01. The Hall–Kier alpha value is -2.56. The van der Waals surface area contributed by atoms with Gasteiger partial charge in [-0.15, -0.1) is 0 Å². The molecule has 0 atom stereocenters. The van der Waals surface area contributed by atoms with E-state index in [2.05, 4.69) is 0 Å². The molecule has 0 amide bonds. The third-order valence-electron chi connectivity index (χ3n) is 2.42. The Balaban J connectivity index is 0.000000191. The summed E-state index contributed by atoms with van der Waals surface area (Å²) in [6, 6.07) is 9.88. The van der Waals surface area contributed by atoms with Gasteiger partial charge < -0.3 is 26.4 Å². The van der Waals surface area contributed by atoms with Crippen molar-refractivity contribution in [2.45, 2.75) is 6.92 Å². The number of nitrogen functional groups attached to an aromatic ring is 2. The summed E-state index contributed by atoms with van der Waals surface area (Å²) in [5, 5.41) is 17.9. The molecule has 0 radical (unpaired) electrons. The van der Waals surface area contributed by atoms with E-state index in [0.717, 1.165) is 5.56 Å². The number of benzene rings is 2. The average Bonchev–Trinajstić information content (AvgIpc) is 2.38. The molecule has 0 aliphatic heterocycles. The van der Waals surface area contributed by atoms with Crippen molar-refractivity contribution < 1.29 is 14.9 Å². The van der Waals surface area contributed by atoms with Crippen molar-refractivity contribution in [1.29, 1.82) is 0 Å². The number of phenolic OH excluding ortho intramolecular Hbond substituents is 2. The van der Waals surface area contributed by atoms with Gasteiger partial charge >= 0.3 is 0 Å². The topological polar surface area (TPSA) is 102 Å². The summed E-state index contributed by atoms with van der Waals surface area (Å²) < 4.78 is 4.83. The van der Waals surface area contributed by atoms with Gasteiger partial charge in [0.25, 0.3) is 0 Å². The summed E-state index contributed by atoms with van der Waals surface area (Å²) in [6.45, 7) is 1.93. The molecule has 0 unspecified atom stereocenters. The molecular weight excluding hydrogens is 244 g/mol. The molecule has 102 valence electrons. The van der Waals surface area contributed by atoms with Crippen molar-refractivity contribution in [3.05, 3.63) is 42.0 Å². The number of hydrogen-bond acceptors (Lipinski definition) is 5. The first-order valence-electron chi connectivity index (χ1n) is 5.61. The van der Waals surface area contributed by atoms with Crippen LogP contribution >= 0.6 is 0 Å². The molecule has 0 fully saturated rings. The van der Waals surface area contributed by atoms with Crippen molar-refractivity contribution in [3.8, 4) is 17.2 Å². The summed E-state index contributed by atoms with van der Waals surface area (Å²) >= 11 is 0. The molecule has 0 spiro atoms. The van der Waals surface area contributed by atoms with E-state index in [1.165, 1.54) is 13.2 Å². The van der Waals surface area contributed by atoms with E-state index in [9.17, 15) is 0 Å². The van der Waals surface area contributed by atoms with E-state index in [1.54, 1.807) is 24.3 Å². The molecule has 6 N–H and O–H groups in total. The number of rotatable bonds is 1. The number of ether oxygens (including phenoxy) is 1. The standard InChI is InChI=1S/C7H9NO2.C7H9NO/c1-10-5-2-3-6(8)7(9)4-5;1-5-2-3-7(9)6(8)4-5/h2-4,9H,8H2,1H3;2-4,9H,8H2,1H3. The van der Waals surface area contributed by atoms with E-state index in [4.69, 9.17) is 26.4 Å². The average molecular weight is 262 g/mol. The van der Waals surface area contributed by atoms with Crippen LogP contribution in [0.2, 0.25) is 0 Å². The Kier molecular flexibility index (Phi) is 4.88. The van der Waals surface area contributed by atoms with Crippen LogP contribution in [0.25, 0.3) is 0 Å². The Bertz CT molecular complexity index is 556. The maximum atomic E-state index is 9.03. The van der Waals surface area contributed by atoms with Gasteiger partial charge in [-0.2, -0.15) is 0 Å². The third kappa shape index (κ3) is 4.31. The zero-order valence-corrected chi connectivity index (χ0v) is 10.9. The number of aryl methyl sites for hydroxylation is 1. The predicted octanol–water partition coefficient (Wildman–Crippen LogP) is 2.27. The number of aromatic hydroxyl groups is 2. The zero-order chi connectivity index (χ0) is 14.4. The van der Waals surface area contributed by atoms with Gasteiger partial charge in [0.1, 0.15) is 17.2 Å². The molecule has 0 aliphatic rings. The second-order valence-electron chi connectivity index (χ2n) is 3.99. The predicted molar refractivity (Wildman–Crippen MR) is 76.3 cm³/mol. The third-order valence-corrected chi connectivity index (χ3v) is 2.42. The fourth-order valence-electron chi connectivity index (χ4n) is 1.32. The smallest absolute Gasteiger partial charge is 0.142 e. The molecule has 2 rings (SSSR count). The van der Waals surface area contributed by atoms with Gasteiger partial charge in [-0.3, -0.25) is 0 Å². The van der Waals surface area contributed by atoms with E-state index < -0.39 is 0 Å². The second-order valence-corrected chi connectivity index (χ2v) is 3.99. The number of phenols is 2. The highest BCUT2D eigenvalue weighted by atomic mass is 16.5. The number of methoxy groups -OCH3 is 1. The lowest BCUT2D eigenvalue weighted by Crippen LogP contribution is -1.86. The monoisotopic (exact) mass is 262 g/mol. The highest BCUT2D eigenvalue weighted by molar-refractivity contribution is 5.54. The molecule has 5 heteroatoms. The van der Waals surface area contributed by atoms with Gasteiger partial charge in [0.2, 0.25) is 0 Å². The Labute approximate surface area is 112 Å². The minimum atomic E-state index is 0.0550. The Morgan fingerprint density at radius 2 is 1.58 bits per heavy atom. The normalized spacial score (nSPS) is 9.37. The molecule has 2 aromatic carbocycles. The van der Waals surface area contributed by atoms with Crippen LogP contribution in [0.4, 0.5) is 11.4 Å². The van der Waals surface area contributed by atoms with Crippen molar-refractivity contribution in [3.63, 3.8) is 0 Å². The van der Waals surface area contributed by atoms with Gasteiger partial charge in [-0.1, -0.05) is 6.07 Å². The van der Waals surface area contributed by atoms with Crippen LogP contribution in [0.5, 0.6) is 17.2 Å². The van der Waals surface area contributed by atoms with Gasteiger partial charge in [-0.05, 0) is 36.8 Å². The molecule has 0 heterocycles. The van der Waals surface area contributed by atoms with E-state index in [-0.39, 0.29) is 11.5 Å². The first kappa shape index (κ1) is 14.5. The lowest BCUT2D eigenvalue weighted by molar-refractivity contribution is 0.408. The number of hydrogen-bond donors (Lipinski definition) is 4. The van der Waals surface area contributed by atoms with E-state index in [0.29, 0.717) is 17.1 Å². The highest BCUT2D eigenvalue weighted by Crippen LogP contribution is 2.24. The summed E-state index contributed by atoms with van der Waals surface area (Å²) in [5.41, 5.74) is 12.6. The van der Waals surface area contributed by atoms with Crippen molar-refractivity contribution in [2.75, 3.05) is 18.6 Å². The zero-order valence-electron chi connectivity index (χ0n) is 10.9. The van der Waals surface area contributed by atoms with Gasteiger partial charge in [0.05, 0.1) is 18.5 Å². The molecule has 0 aliphatic carbocycles. The largest absolute Gasteiger partial charge is 0.506 e. The summed E-state index contributed by atoms with van der Waals surface area (Å²) in [7, 11) is 1.53. The highest BCUT2D eigenvalue weighted by Gasteiger charge is 1.96. The van der Waals surface area contributed by atoms with E-state index in [1.807, 2.05) is 13.0 Å². The fourth-order valence-corrected chi connectivity index (χ4v) is 1.32. The summed E-state index contributed by atoms with van der Waals surface area (Å²) in [6.07, 6.45) is 0. The first-order valence-corrected chi connectivity index (χ1v) is 5.61. The van der Waals surface area contributed by atoms with Gasteiger partial charge in [-0.25, -0.2) is 0 Å². The molecule has 0 saturated carbocycles. The van der Waals surface area contributed by atoms with Crippen LogP contribution in [0.15, 0.2) is 36.4 Å². The summed E-state index contributed by atoms with van der Waals surface area (Å²) in [5.74, 6) is 0.812. The van der Waals surface area contributed by atoms with Gasteiger partial charge in [0, 0.05) is 6.07 Å². The van der Waals surface area contributed by atoms with Crippen LogP contribution in [0, 0.1) is 6.92 Å². The van der Waals surface area contributed by atoms with Crippen molar-refractivity contribution in [1.82, 2.24) is 0 Å². The molecule has 0 bridgehead atoms. The lowest BCUT2D eigenvalue weighted by atomic mass is 10.2. The number of anilines is 2. The molecule has 0 aromatic heterocycles. The first-order chi connectivity index (χ1) is 8.93. The van der Waals surface area contributed by atoms with Crippen LogP contribution < -0.4 is 16.2 Å². The molecule has 19 heavy (non-hydrogen) atoms. The minimum absolute atomic E-state index is 0.0550. The Morgan fingerprint density at radius 3 is 2.05 bits per heavy atom. The minimum Gasteiger partial charge on any atom is -0.506 e. The molecule has 0 saturated heterocycles. The maximum Gasteiger partial charge on any atom is 0.142 e. The second kappa shape index (κ2) is 6.39. The molecule has 5 nitrogen and oxygen atoms in total. The van der Waals surface area contributed by atoms with Crippen LogP contribution in [-0.2, 0) is 0 Å². The van der Waals surface area contributed by atoms with Crippen molar-refractivity contribution >= 4 is 11.4 Å². The van der Waals surface area contributed by atoms with Crippen LogP contribution in [0.1, 0.15) is 5.56 Å². The summed E-state index contributed by atoms with van der Waals surface area (Å²) in [4.78, 5) is 0. The molecule has 2 aromatic rings. The van der Waals surface area contributed by atoms with Gasteiger partial charge in [0.15, 0.2) is 0 Å². The maximum absolute atomic E-state index is 9.03. The van der Waals surface area contributed by atoms with Crippen LogP contribution in [0.3, 0.4) is 0 Å². The fraction of sp³-hybridized carbons (Fsp3) is 0.143. The van der Waals surface area contributed by atoms with Crippen molar-refractivity contribution in [2.24, 2.45) is 0 Å². The van der Waals surface area contributed by atoms with E-state index >= 15 is 0 Å².